The van der Waals surface area contributed by atoms with Crippen LogP contribution in [0.1, 0.15) is 29.6 Å². The summed E-state index contributed by atoms with van der Waals surface area (Å²) in [5.41, 5.74) is -0.0131. The standard InChI is InChI=1S/C14H17NO5/c1-20-14(19)10-6-2-3-8-15(10)13(18)9-5-4-7-11(16)12(9)17/h4-5,7,10,16-17H,2-3,6,8H2,1H3/t10-/m1/s1. The lowest BCUT2D eigenvalue weighted by atomic mass is 10.0. The summed E-state index contributed by atoms with van der Waals surface area (Å²) < 4.78 is 4.72. The zero-order valence-electron chi connectivity index (χ0n) is 11.2. The highest BCUT2D eigenvalue weighted by Crippen LogP contribution is 2.31. The third kappa shape index (κ3) is 2.54. The minimum Gasteiger partial charge on any atom is -0.504 e. The first-order chi connectivity index (χ1) is 9.56. The molecule has 6 heteroatoms. The molecular weight excluding hydrogens is 262 g/mol. The van der Waals surface area contributed by atoms with Crippen LogP contribution >= 0.6 is 0 Å². The highest BCUT2D eigenvalue weighted by molar-refractivity contribution is 5.99. The molecule has 20 heavy (non-hydrogen) atoms. The summed E-state index contributed by atoms with van der Waals surface area (Å²) in [7, 11) is 1.28. The van der Waals surface area contributed by atoms with Crippen LogP contribution in [0.2, 0.25) is 0 Å². The number of methoxy groups -OCH3 is 1. The SMILES string of the molecule is COC(=O)[C@H]1CCCCN1C(=O)c1cccc(O)c1O. The van der Waals surface area contributed by atoms with Crippen molar-refractivity contribution in [1.29, 1.82) is 0 Å². The minimum atomic E-state index is -0.636. The van der Waals surface area contributed by atoms with Crippen LogP contribution in [0.5, 0.6) is 11.5 Å². The van der Waals surface area contributed by atoms with Crippen LogP contribution in [0.25, 0.3) is 0 Å². The normalized spacial score (nSPS) is 18.6. The van der Waals surface area contributed by atoms with Crippen LogP contribution in [-0.2, 0) is 9.53 Å². The van der Waals surface area contributed by atoms with E-state index in [9.17, 15) is 19.8 Å². The number of para-hydroxylation sites is 1. The summed E-state index contributed by atoms with van der Waals surface area (Å²) in [6, 6.07) is 3.54. The first-order valence-electron chi connectivity index (χ1n) is 6.46. The van der Waals surface area contributed by atoms with Gasteiger partial charge in [0.1, 0.15) is 6.04 Å². The van der Waals surface area contributed by atoms with Crippen molar-refractivity contribution < 1.29 is 24.5 Å². The van der Waals surface area contributed by atoms with Gasteiger partial charge in [-0.25, -0.2) is 4.79 Å². The summed E-state index contributed by atoms with van der Waals surface area (Å²) in [5.74, 6) is -1.76. The number of amides is 1. The van der Waals surface area contributed by atoms with Crippen LogP contribution in [-0.4, -0.2) is 46.7 Å². The second kappa shape index (κ2) is 5.81. The molecule has 0 bridgehead atoms. The minimum absolute atomic E-state index is 0.0131. The number of carbonyl (C=O) groups is 2. The Kier molecular flexibility index (Phi) is 4.12. The predicted octanol–water partition coefficient (Wildman–Crippen LogP) is 1.27. The summed E-state index contributed by atoms with van der Waals surface area (Å²) in [4.78, 5) is 25.6. The molecule has 1 heterocycles. The zero-order valence-corrected chi connectivity index (χ0v) is 11.2. The largest absolute Gasteiger partial charge is 0.504 e. The molecule has 1 aliphatic heterocycles. The lowest BCUT2D eigenvalue weighted by Gasteiger charge is -2.33. The van der Waals surface area contributed by atoms with Gasteiger partial charge < -0.3 is 19.8 Å². The Hall–Kier alpha value is -2.24. The molecular formula is C14H17NO5. The maximum absolute atomic E-state index is 12.5. The smallest absolute Gasteiger partial charge is 0.328 e. The molecule has 0 aromatic heterocycles. The highest BCUT2D eigenvalue weighted by Gasteiger charge is 2.34. The van der Waals surface area contributed by atoms with E-state index >= 15 is 0 Å². The second-order valence-electron chi connectivity index (χ2n) is 4.71. The van der Waals surface area contributed by atoms with Gasteiger partial charge >= 0.3 is 5.97 Å². The van der Waals surface area contributed by atoms with Gasteiger partial charge in [-0.05, 0) is 31.4 Å². The Morgan fingerprint density at radius 3 is 2.75 bits per heavy atom. The molecule has 0 aliphatic carbocycles. The first kappa shape index (κ1) is 14.2. The van der Waals surface area contributed by atoms with E-state index in [-0.39, 0.29) is 11.3 Å². The first-order valence-corrected chi connectivity index (χ1v) is 6.46. The van der Waals surface area contributed by atoms with Crippen molar-refractivity contribution in [3.05, 3.63) is 23.8 Å². The average Bonchev–Trinajstić information content (AvgIpc) is 2.48. The zero-order chi connectivity index (χ0) is 14.7. The molecule has 1 aromatic carbocycles. The molecule has 0 radical (unpaired) electrons. The monoisotopic (exact) mass is 279 g/mol. The van der Waals surface area contributed by atoms with Gasteiger partial charge in [0.05, 0.1) is 12.7 Å². The van der Waals surface area contributed by atoms with Crippen LogP contribution in [0.3, 0.4) is 0 Å². The van der Waals surface area contributed by atoms with Crippen LogP contribution in [0.4, 0.5) is 0 Å². The Bertz CT molecular complexity index is 528. The summed E-state index contributed by atoms with van der Waals surface area (Å²) in [6.07, 6.45) is 2.17. The second-order valence-corrected chi connectivity index (χ2v) is 4.71. The Labute approximate surface area is 116 Å². The third-order valence-corrected chi connectivity index (χ3v) is 3.48. The topological polar surface area (TPSA) is 87.1 Å². The molecule has 0 spiro atoms. The number of carbonyl (C=O) groups excluding carboxylic acids is 2. The number of piperidine rings is 1. The number of aromatic hydroxyl groups is 2. The maximum atomic E-state index is 12.5. The summed E-state index contributed by atoms with van der Waals surface area (Å²) in [6.45, 7) is 0.424. The van der Waals surface area contributed by atoms with E-state index < -0.39 is 23.7 Å². The molecule has 1 aromatic rings. The molecule has 2 N–H and O–H groups in total. The summed E-state index contributed by atoms with van der Waals surface area (Å²) >= 11 is 0. The van der Waals surface area contributed by atoms with Gasteiger partial charge in [0.15, 0.2) is 11.5 Å². The number of likely N-dealkylation sites (tertiary alicyclic amines) is 1. The van der Waals surface area contributed by atoms with Crippen molar-refractivity contribution in [1.82, 2.24) is 4.90 Å². The fourth-order valence-corrected chi connectivity index (χ4v) is 2.41. The van der Waals surface area contributed by atoms with Gasteiger partial charge in [-0.15, -0.1) is 0 Å². The number of rotatable bonds is 2. The van der Waals surface area contributed by atoms with Gasteiger partial charge in [0.25, 0.3) is 5.91 Å². The summed E-state index contributed by atoms with van der Waals surface area (Å²) in [5, 5.41) is 19.2. The molecule has 1 fully saturated rings. The number of esters is 1. The molecule has 1 aliphatic rings. The van der Waals surface area contributed by atoms with Gasteiger partial charge in [-0.3, -0.25) is 4.79 Å². The molecule has 1 atom stereocenters. The van der Waals surface area contributed by atoms with Crippen LogP contribution < -0.4 is 0 Å². The van der Waals surface area contributed by atoms with Crippen molar-refractivity contribution in [2.24, 2.45) is 0 Å². The Balaban J connectivity index is 2.30. The van der Waals surface area contributed by atoms with E-state index in [1.165, 1.54) is 30.2 Å². The number of phenols is 2. The number of hydrogen-bond acceptors (Lipinski definition) is 5. The average molecular weight is 279 g/mol. The molecule has 1 saturated heterocycles. The van der Waals surface area contributed by atoms with Crippen molar-refractivity contribution in [3.8, 4) is 11.5 Å². The molecule has 0 unspecified atom stereocenters. The van der Waals surface area contributed by atoms with Crippen molar-refractivity contribution in [2.75, 3.05) is 13.7 Å². The highest BCUT2D eigenvalue weighted by atomic mass is 16.5. The fourth-order valence-electron chi connectivity index (χ4n) is 2.41. The van der Waals surface area contributed by atoms with Crippen molar-refractivity contribution in [3.63, 3.8) is 0 Å². The number of phenolic OH excluding ortho intramolecular Hbond substituents is 2. The van der Waals surface area contributed by atoms with Crippen LogP contribution in [0.15, 0.2) is 18.2 Å². The van der Waals surface area contributed by atoms with Gasteiger partial charge in [0, 0.05) is 6.54 Å². The van der Waals surface area contributed by atoms with Crippen molar-refractivity contribution >= 4 is 11.9 Å². The van der Waals surface area contributed by atoms with Gasteiger partial charge in [0.2, 0.25) is 0 Å². The molecule has 2 rings (SSSR count). The molecule has 1 amide bonds. The molecule has 0 saturated carbocycles. The number of nitrogens with zero attached hydrogens (tertiary/aromatic N) is 1. The number of benzene rings is 1. The molecule has 108 valence electrons. The van der Waals surface area contributed by atoms with E-state index in [1.54, 1.807) is 0 Å². The Morgan fingerprint density at radius 2 is 2.05 bits per heavy atom. The van der Waals surface area contributed by atoms with Gasteiger partial charge in [-0.2, -0.15) is 0 Å². The Morgan fingerprint density at radius 1 is 1.30 bits per heavy atom. The maximum Gasteiger partial charge on any atom is 0.328 e. The van der Waals surface area contributed by atoms with Crippen LogP contribution in [0, 0.1) is 0 Å². The van der Waals surface area contributed by atoms with Crippen molar-refractivity contribution in [2.45, 2.75) is 25.3 Å². The third-order valence-electron chi connectivity index (χ3n) is 3.48. The lowest BCUT2D eigenvalue weighted by Crippen LogP contribution is -2.48. The molecule has 6 nitrogen and oxygen atoms in total. The fraction of sp³-hybridized carbons (Fsp3) is 0.429. The number of hydrogen-bond donors (Lipinski definition) is 2. The lowest BCUT2D eigenvalue weighted by molar-refractivity contribution is -0.147. The van der Waals surface area contributed by atoms with E-state index in [2.05, 4.69) is 0 Å². The van der Waals surface area contributed by atoms with E-state index in [1.807, 2.05) is 0 Å². The number of ether oxygens (including phenoxy) is 1. The quantitative estimate of drug-likeness (QED) is 0.628. The van der Waals surface area contributed by atoms with E-state index in [0.717, 1.165) is 12.8 Å². The predicted molar refractivity (Wildman–Crippen MR) is 70.5 cm³/mol. The van der Waals surface area contributed by atoms with Gasteiger partial charge in [-0.1, -0.05) is 6.07 Å². The van der Waals surface area contributed by atoms with E-state index in [4.69, 9.17) is 4.74 Å². The van der Waals surface area contributed by atoms with E-state index in [0.29, 0.717) is 13.0 Å².